The average molecular weight is 458 g/mol. The normalized spacial score (nSPS) is 13.6. The molecule has 5 nitrogen and oxygen atoms in total. The van der Waals surface area contributed by atoms with Gasteiger partial charge in [0.05, 0.1) is 19.3 Å². The topological polar surface area (TPSA) is 62.2 Å². The second-order valence-electron chi connectivity index (χ2n) is 8.25. The minimum Gasteiger partial charge on any atom is -0.490 e. The van der Waals surface area contributed by atoms with Crippen molar-refractivity contribution in [2.45, 2.75) is 38.7 Å². The first-order valence-corrected chi connectivity index (χ1v) is 11.3. The summed E-state index contributed by atoms with van der Waals surface area (Å²) in [5.74, 6) is 0.756. The molecule has 0 amide bonds. The second-order valence-corrected chi connectivity index (χ2v) is 8.66. The van der Waals surface area contributed by atoms with E-state index in [9.17, 15) is 10.2 Å². The number of ether oxygens (including phenoxy) is 2. The van der Waals surface area contributed by atoms with E-state index < -0.39 is 12.2 Å². The van der Waals surface area contributed by atoms with Gasteiger partial charge in [0.2, 0.25) is 0 Å². The van der Waals surface area contributed by atoms with Crippen LogP contribution >= 0.6 is 11.6 Å². The molecule has 3 aromatic carbocycles. The zero-order valence-electron chi connectivity index (χ0n) is 18.7. The van der Waals surface area contributed by atoms with Gasteiger partial charge in [-0.1, -0.05) is 66.2 Å². The zero-order chi connectivity index (χ0) is 22.9. The van der Waals surface area contributed by atoms with Gasteiger partial charge in [0.15, 0.2) is 0 Å². The monoisotopic (exact) mass is 457 g/mol. The Morgan fingerprint density at radius 2 is 1.50 bits per heavy atom. The summed E-state index contributed by atoms with van der Waals surface area (Å²) in [5, 5.41) is 23.8. The zero-order valence-corrected chi connectivity index (χ0v) is 19.4. The van der Waals surface area contributed by atoms with Gasteiger partial charge in [0.25, 0.3) is 0 Å². The van der Waals surface area contributed by atoms with Crippen molar-refractivity contribution in [1.82, 2.24) is 4.90 Å². The third kappa shape index (κ3) is 7.19. The van der Waals surface area contributed by atoms with Gasteiger partial charge in [0, 0.05) is 29.5 Å². The molecule has 0 heterocycles. The van der Waals surface area contributed by atoms with E-state index >= 15 is 0 Å². The molecule has 32 heavy (non-hydrogen) atoms. The van der Waals surface area contributed by atoms with E-state index in [0.29, 0.717) is 24.7 Å². The van der Waals surface area contributed by atoms with Crippen molar-refractivity contribution >= 4 is 22.4 Å². The minimum absolute atomic E-state index is 0.153. The smallest absolute Gasteiger partial charge is 0.127 e. The first-order valence-electron chi connectivity index (χ1n) is 11.0. The molecule has 0 spiro atoms. The molecule has 0 saturated heterocycles. The Hall–Kier alpha value is -2.15. The van der Waals surface area contributed by atoms with Crippen LogP contribution in [-0.4, -0.2) is 59.7 Å². The fraction of sp³-hybridized carbons (Fsp3) is 0.385. The first kappa shape index (κ1) is 24.5. The molecule has 3 aromatic rings. The van der Waals surface area contributed by atoms with E-state index in [-0.39, 0.29) is 19.3 Å². The van der Waals surface area contributed by atoms with E-state index in [2.05, 4.69) is 0 Å². The van der Waals surface area contributed by atoms with E-state index in [4.69, 9.17) is 21.1 Å². The highest BCUT2D eigenvalue weighted by Crippen LogP contribution is 2.25. The summed E-state index contributed by atoms with van der Waals surface area (Å²) in [6.45, 7) is 5.58. The maximum Gasteiger partial charge on any atom is 0.127 e. The molecule has 0 aliphatic rings. The molecule has 172 valence electrons. The van der Waals surface area contributed by atoms with E-state index in [1.165, 1.54) is 0 Å². The maximum absolute atomic E-state index is 10.6. The van der Waals surface area contributed by atoms with Gasteiger partial charge in [-0.25, -0.2) is 0 Å². The van der Waals surface area contributed by atoms with Crippen LogP contribution in [0.3, 0.4) is 0 Å². The largest absolute Gasteiger partial charge is 0.490 e. The van der Waals surface area contributed by atoms with Gasteiger partial charge in [0.1, 0.15) is 18.5 Å². The summed E-state index contributed by atoms with van der Waals surface area (Å²) in [6, 6.07) is 21.6. The molecule has 0 bridgehead atoms. The average Bonchev–Trinajstić information content (AvgIpc) is 2.78. The summed E-state index contributed by atoms with van der Waals surface area (Å²) < 4.78 is 11.6. The fourth-order valence-electron chi connectivity index (χ4n) is 3.57. The van der Waals surface area contributed by atoms with Crippen LogP contribution in [0.25, 0.3) is 10.8 Å². The van der Waals surface area contributed by atoms with Gasteiger partial charge in [-0.15, -0.1) is 0 Å². The van der Waals surface area contributed by atoms with E-state index in [0.717, 1.165) is 22.1 Å². The highest BCUT2D eigenvalue weighted by Gasteiger charge is 2.19. The third-order valence-electron chi connectivity index (χ3n) is 5.33. The Morgan fingerprint density at radius 3 is 2.25 bits per heavy atom. The number of hydrogen-bond donors (Lipinski definition) is 2. The second kappa shape index (κ2) is 12.2. The quantitative estimate of drug-likeness (QED) is 0.418. The maximum atomic E-state index is 10.6. The SMILES string of the molecule is CC(C)N(CC(O)COCc1ccccc1Cl)CC(O)COc1cccc2ccccc12. The Morgan fingerprint density at radius 1 is 0.844 bits per heavy atom. The lowest BCUT2D eigenvalue weighted by molar-refractivity contribution is -0.00941. The van der Waals surface area contributed by atoms with Gasteiger partial charge >= 0.3 is 0 Å². The van der Waals surface area contributed by atoms with Crippen LogP contribution in [0.4, 0.5) is 0 Å². The fourth-order valence-corrected chi connectivity index (χ4v) is 3.76. The highest BCUT2D eigenvalue weighted by molar-refractivity contribution is 6.31. The number of aliphatic hydroxyl groups is 2. The van der Waals surface area contributed by atoms with Gasteiger partial charge in [-0.05, 0) is 36.9 Å². The molecular weight excluding hydrogens is 426 g/mol. The molecular formula is C26H32ClNO4. The van der Waals surface area contributed by atoms with Crippen molar-refractivity contribution in [3.8, 4) is 5.75 Å². The van der Waals surface area contributed by atoms with Crippen LogP contribution in [0.15, 0.2) is 66.7 Å². The number of nitrogens with zero attached hydrogens (tertiary/aromatic N) is 1. The lowest BCUT2D eigenvalue weighted by atomic mass is 10.1. The Kier molecular flexibility index (Phi) is 9.33. The van der Waals surface area contributed by atoms with Crippen molar-refractivity contribution in [2.24, 2.45) is 0 Å². The van der Waals surface area contributed by atoms with Crippen LogP contribution in [-0.2, 0) is 11.3 Å². The number of hydrogen-bond acceptors (Lipinski definition) is 5. The lowest BCUT2D eigenvalue weighted by Gasteiger charge is -2.30. The molecule has 0 aliphatic carbocycles. The summed E-state index contributed by atoms with van der Waals surface area (Å²) in [7, 11) is 0. The highest BCUT2D eigenvalue weighted by atomic mass is 35.5. The lowest BCUT2D eigenvalue weighted by Crippen LogP contribution is -2.44. The van der Waals surface area contributed by atoms with Gasteiger partial charge in [-0.2, -0.15) is 0 Å². The van der Waals surface area contributed by atoms with E-state index in [1.54, 1.807) is 0 Å². The molecule has 3 rings (SSSR count). The van der Waals surface area contributed by atoms with Crippen molar-refractivity contribution in [1.29, 1.82) is 0 Å². The molecule has 2 N–H and O–H groups in total. The molecule has 2 unspecified atom stereocenters. The van der Waals surface area contributed by atoms with Crippen molar-refractivity contribution in [3.63, 3.8) is 0 Å². The van der Waals surface area contributed by atoms with Crippen LogP contribution < -0.4 is 4.74 Å². The minimum atomic E-state index is -0.687. The molecule has 0 fully saturated rings. The number of aliphatic hydroxyl groups excluding tert-OH is 2. The number of halogens is 1. The molecule has 6 heteroatoms. The Bertz CT molecular complexity index is 975. The summed E-state index contributed by atoms with van der Waals surface area (Å²) in [4.78, 5) is 2.03. The molecule has 0 saturated carbocycles. The standard InChI is InChI=1S/C26H32ClNO4/c1-19(2)28(14-22(29)17-31-16-21-9-4-6-12-25(21)27)15-23(30)18-32-26-13-7-10-20-8-3-5-11-24(20)26/h3-13,19,22-23,29-30H,14-18H2,1-2H3. The summed E-state index contributed by atoms with van der Waals surface area (Å²) >= 11 is 6.14. The Labute approximate surface area is 195 Å². The van der Waals surface area contributed by atoms with Gasteiger partial charge in [-0.3, -0.25) is 4.90 Å². The van der Waals surface area contributed by atoms with Gasteiger partial charge < -0.3 is 19.7 Å². The molecule has 0 radical (unpaired) electrons. The third-order valence-corrected chi connectivity index (χ3v) is 5.70. The number of rotatable bonds is 12. The summed E-state index contributed by atoms with van der Waals surface area (Å²) in [5.41, 5.74) is 0.892. The summed E-state index contributed by atoms with van der Waals surface area (Å²) in [6.07, 6.45) is -1.36. The Balaban J connectivity index is 1.47. The van der Waals surface area contributed by atoms with Crippen molar-refractivity contribution < 1.29 is 19.7 Å². The number of fused-ring (bicyclic) bond motifs is 1. The van der Waals surface area contributed by atoms with Crippen molar-refractivity contribution in [3.05, 3.63) is 77.3 Å². The number of benzene rings is 3. The molecule has 2 atom stereocenters. The predicted octanol–water partition coefficient (Wildman–Crippen LogP) is 4.52. The molecule has 0 aliphatic heterocycles. The molecule has 0 aromatic heterocycles. The van der Waals surface area contributed by atoms with Crippen LogP contribution in [0.2, 0.25) is 5.02 Å². The van der Waals surface area contributed by atoms with Crippen molar-refractivity contribution in [2.75, 3.05) is 26.3 Å². The van der Waals surface area contributed by atoms with Crippen LogP contribution in [0.1, 0.15) is 19.4 Å². The first-order chi connectivity index (χ1) is 15.4. The van der Waals surface area contributed by atoms with E-state index in [1.807, 2.05) is 85.5 Å². The van der Waals surface area contributed by atoms with Crippen LogP contribution in [0, 0.1) is 0 Å². The predicted molar refractivity (Wildman–Crippen MR) is 129 cm³/mol. The van der Waals surface area contributed by atoms with Crippen LogP contribution in [0.5, 0.6) is 5.75 Å².